The summed E-state index contributed by atoms with van der Waals surface area (Å²) in [6.07, 6.45) is 5.50. The molecule has 0 unspecified atom stereocenters. The van der Waals surface area contributed by atoms with Crippen molar-refractivity contribution in [2.45, 2.75) is 45.4 Å². The van der Waals surface area contributed by atoms with Crippen molar-refractivity contribution < 1.29 is 23.9 Å². The summed E-state index contributed by atoms with van der Waals surface area (Å²) < 4.78 is 10.5. The van der Waals surface area contributed by atoms with Gasteiger partial charge in [0.1, 0.15) is 17.2 Å². The molecule has 0 bridgehead atoms. The number of carbonyl (C=O) groups excluding carboxylic acids is 2. The first-order valence-corrected chi connectivity index (χ1v) is 8.00. The molecule has 0 spiro atoms. The van der Waals surface area contributed by atoms with Gasteiger partial charge in [-0.05, 0) is 18.6 Å². The molecule has 1 aliphatic heterocycles. The summed E-state index contributed by atoms with van der Waals surface area (Å²) in [4.78, 5) is 29.2. The Morgan fingerprint density at radius 3 is 2.78 bits per heavy atom. The van der Waals surface area contributed by atoms with Gasteiger partial charge in [-0.1, -0.05) is 32.6 Å². The Balaban J connectivity index is 1.96. The van der Waals surface area contributed by atoms with Crippen LogP contribution < -0.4 is 14.5 Å². The average molecular weight is 321 g/mol. The third-order valence-corrected chi connectivity index (χ3v) is 3.64. The number of hydrogen-bond acceptors (Lipinski definition) is 5. The van der Waals surface area contributed by atoms with Crippen LogP contribution in [0.5, 0.6) is 11.5 Å². The van der Waals surface area contributed by atoms with Gasteiger partial charge in [0.25, 0.3) is 5.91 Å². The van der Waals surface area contributed by atoms with E-state index in [0.29, 0.717) is 23.6 Å². The maximum atomic E-state index is 12.0. The van der Waals surface area contributed by atoms with Gasteiger partial charge in [-0.15, -0.1) is 5.06 Å². The average Bonchev–Trinajstić information content (AvgIpc) is 2.57. The quantitative estimate of drug-likeness (QED) is 0.688. The van der Waals surface area contributed by atoms with Crippen molar-refractivity contribution >= 4 is 17.6 Å². The number of amides is 1. The number of nitrogens with zero attached hydrogens (tertiary/aromatic N) is 1. The number of rotatable bonds is 8. The summed E-state index contributed by atoms with van der Waals surface area (Å²) >= 11 is 0. The number of hydrogen-bond donors (Lipinski definition) is 0. The molecule has 23 heavy (non-hydrogen) atoms. The van der Waals surface area contributed by atoms with Crippen LogP contribution in [0.1, 0.15) is 45.4 Å². The van der Waals surface area contributed by atoms with E-state index in [2.05, 4.69) is 6.92 Å². The highest BCUT2D eigenvalue weighted by molar-refractivity contribution is 5.97. The molecule has 0 saturated carbocycles. The summed E-state index contributed by atoms with van der Waals surface area (Å²) in [7, 11) is 1.53. The van der Waals surface area contributed by atoms with Gasteiger partial charge in [0, 0.05) is 12.5 Å². The molecular formula is C17H23NO5. The van der Waals surface area contributed by atoms with Gasteiger partial charge in [0.05, 0.1) is 7.11 Å². The molecule has 126 valence electrons. The highest BCUT2D eigenvalue weighted by Gasteiger charge is 2.29. The molecule has 0 radical (unpaired) electrons. The molecule has 1 aliphatic rings. The SMILES string of the molecule is CCCCCCCC(=O)ON1C(=O)COc2ccc(OC)cc21. The van der Waals surface area contributed by atoms with E-state index in [1.54, 1.807) is 18.2 Å². The van der Waals surface area contributed by atoms with Crippen LogP contribution in [-0.4, -0.2) is 25.6 Å². The molecule has 2 rings (SSSR count). The van der Waals surface area contributed by atoms with Crippen LogP contribution in [-0.2, 0) is 14.4 Å². The van der Waals surface area contributed by atoms with Gasteiger partial charge in [-0.2, -0.15) is 0 Å². The van der Waals surface area contributed by atoms with Gasteiger partial charge in [-0.25, -0.2) is 4.79 Å². The first kappa shape index (κ1) is 17.1. The van der Waals surface area contributed by atoms with Crippen molar-refractivity contribution in [1.82, 2.24) is 0 Å². The Bertz CT molecular complexity index is 558. The topological polar surface area (TPSA) is 65.1 Å². The Morgan fingerprint density at radius 1 is 1.26 bits per heavy atom. The van der Waals surface area contributed by atoms with Gasteiger partial charge in [0.2, 0.25) is 0 Å². The van der Waals surface area contributed by atoms with Crippen molar-refractivity contribution in [3.05, 3.63) is 18.2 Å². The zero-order valence-electron chi connectivity index (χ0n) is 13.7. The van der Waals surface area contributed by atoms with Crippen LogP contribution in [0.15, 0.2) is 18.2 Å². The molecule has 1 heterocycles. The minimum atomic E-state index is -0.412. The first-order chi connectivity index (χ1) is 11.2. The van der Waals surface area contributed by atoms with Gasteiger partial charge in [0.15, 0.2) is 6.61 Å². The summed E-state index contributed by atoms with van der Waals surface area (Å²) in [5.74, 6) is 0.222. The van der Waals surface area contributed by atoms with Crippen molar-refractivity contribution in [2.75, 3.05) is 18.8 Å². The van der Waals surface area contributed by atoms with Crippen molar-refractivity contribution in [3.8, 4) is 11.5 Å². The second kappa shape index (κ2) is 8.41. The van der Waals surface area contributed by atoms with Crippen LogP contribution in [0.3, 0.4) is 0 Å². The molecule has 0 saturated heterocycles. The molecule has 6 heteroatoms. The standard InChI is InChI=1S/C17H23NO5/c1-3-4-5-6-7-8-17(20)23-18-14-11-13(21-2)9-10-15(14)22-12-16(18)19/h9-11H,3-8,12H2,1-2H3. The molecule has 0 N–H and O–H groups in total. The number of ether oxygens (including phenoxy) is 2. The zero-order valence-corrected chi connectivity index (χ0v) is 13.7. The second-order valence-electron chi connectivity index (χ2n) is 5.44. The molecule has 0 fully saturated rings. The molecular weight excluding hydrogens is 298 g/mol. The highest BCUT2D eigenvalue weighted by Crippen LogP contribution is 2.35. The van der Waals surface area contributed by atoms with Crippen molar-refractivity contribution in [1.29, 1.82) is 0 Å². The summed E-state index contributed by atoms with van der Waals surface area (Å²) in [6, 6.07) is 5.02. The lowest BCUT2D eigenvalue weighted by molar-refractivity contribution is -0.151. The van der Waals surface area contributed by atoms with Crippen LogP contribution in [0, 0.1) is 0 Å². The number of carbonyl (C=O) groups is 2. The number of methoxy groups -OCH3 is 1. The van der Waals surface area contributed by atoms with E-state index in [9.17, 15) is 9.59 Å². The predicted molar refractivity (Wildman–Crippen MR) is 85.4 cm³/mol. The summed E-state index contributed by atoms with van der Waals surface area (Å²) in [5, 5.41) is 1.01. The normalized spacial score (nSPS) is 13.3. The predicted octanol–water partition coefficient (Wildman–Crippen LogP) is 3.24. The van der Waals surface area contributed by atoms with Crippen LogP contribution in [0.2, 0.25) is 0 Å². The van der Waals surface area contributed by atoms with Crippen LogP contribution >= 0.6 is 0 Å². The van der Waals surface area contributed by atoms with E-state index >= 15 is 0 Å². The number of unbranched alkanes of at least 4 members (excludes halogenated alkanes) is 4. The molecule has 1 aromatic rings. The molecule has 1 amide bonds. The molecule has 6 nitrogen and oxygen atoms in total. The molecule has 0 aromatic heterocycles. The lowest BCUT2D eigenvalue weighted by Gasteiger charge is -2.27. The third kappa shape index (κ3) is 4.61. The lowest BCUT2D eigenvalue weighted by atomic mass is 10.1. The lowest BCUT2D eigenvalue weighted by Crippen LogP contribution is -2.40. The fourth-order valence-electron chi connectivity index (χ4n) is 2.36. The molecule has 1 aromatic carbocycles. The Labute approximate surface area is 136 Å². The molecule has 0 aliphatic carbocycles. The maximum absolute atomic E-state index is 12.0. The highest BCUT2D eigenvalue weighted by atomic mass is 16.7. The Hall–Kier alpha value is -2.24. The second-order valence-corrected chi connectivity index (χ2v) is 5.44. The minimum Gasteiger partial charge on any atom is -0.497 e. The zero-order chi connectivity index (χ0) is 16.7. The van der Waals surface area contributed by atoms with Gasteiger partial charge < -0.3 is 14.3 Å². The van der Waals surface area contributed by atoms with Crippen molar-refractivity contribution in [3.63, 3.8) is 0 Å². The fourth-order valence-corrected chi connectivity index (χ4v) is 2.36. The minimum absolute atomic E-state index is 0.150. The summed E-state index contributed by atoms with van der Waals surface area (Å²) in [6.45, 7) is 1.99. The smallest absolute Gasteiger partial charge is 0.333 e. The van der Waals surface area contributed by atoms with Gasteiger partial charge >= 0.3 is 5.97 Å². The van der Waals surface area contributed by atoms with Crippen molar-refractivity contribution in [2.24, 2.45) is 0 Å². The number of fused-ring (bicyclic) bond motifs is 1. The number of anilines is 1. The van der Waals surface area contributed by atoms with E-state index in [1.165, 1.54) is 13.5 Å². The van der Waals surface area contributed by atoms with E-state index in [4.69, 9.17) is 14.3 Å². The monoisotopic (exact) mass is 321 g/mol. The largest absolute Gasteiger partial charge is 0.497 e. The van der Waals surface area contributed by atoms with E-state index in [-0.39, 0.29) is 6.61 Å². The van der Waals surface area contributed by atoms with Crippen LogP contribution in [0.4, 0.5) is 5.69 Å². The summed E-state index contributed by atoms with van der Waals surface area (Å²) in [5.41, 5.74) is 0.389. The van der Waals surface area contributed by atoms with E-state index < -0.39 is 11.9 Å². The number of benzene rings is 1. The van der Waals surface area contributed by atoms with E-state index in [1.807, 2.05) is 0 Å². The fraction of sp³-hybridized carbons (Fsp3) is 0.529. The first-order valence-electron chi connectivity index (χ1n) is 8.00. The number of hydroxylamine groups is 1. The Morgan fingerprint density at radius 2 is 2.04 bits per heavy atom. The van der Waals surface area contributed by atoms with E-state index in [0.717, 1.165) is 30.7 Å². The van der Waals surface area contributed by atoms with Crippen LogP contribution in [0.25, 0.3) is 0 Å². The molecule has 0 atom stereocenters. The Kier molecular flexibility index (Phi) is 6.26. The van der Waals surface area contributed by atoms with Gasteiger partial charge in [-0.3, -0.25) is 4.79 Å². The third-order valence-electron chi connectivity index (χ3n) is 3.64. The maximum Gasteiger partial charge on any atom is 0.333 e.